The Labute approximate surface area is 223 Å². The maximum Gasteiger partial charge on any atom is 0.265 e. The van der Waals surface area contributed by atoms with Crippen LogP contribution in [0.15, 0.2) is 107 Å². The number of amides is 2. The molecule has 1 aliphatic rings. The highest BCUT2D eigenvalue weighted by Crippen LogP contribution is 2.43. The van der Waals surface area contributed by atoms with E-state index in [4.69, 9.17) is 11.6 Å². The summed E-state index contributed by atoms with van der Waals surface area (Å²) in [6, 6.07) is 28.3. The van der Waals surface area contributed by atoms with Gasteiger partial charge in [0.25, 0.3) is 11.8 Å². The first-order valence-corrected chi connectivity index (χ1v) is 12.8. The molecule has 0 spiro atoms. The summed E-state index contributed by atoms with van der Waals surface area (Å²) in [5.74, 6) is -0.763. The monoisotopic (exact) mass is 528 g/mol. The molecule has 0 bridgehead atoms. The molecule has 0 unspecified atom stereocenters. The molecule has 0 aromatic heterocycles. The van der Waals surface area contributed by atoms with Gasteiger partial charge in [-0.2, -0.15) is 0 Å². The van der Waals surface area contributed by atoms with Gasteiger partial charge in [-0.1, -0.05) is 78.0 Å². The highest BCUT2D eigenvalue weighted by molar-refractivity contribution is 8.04. The van der Waals surface area contributed by atoms with Gasteiger partial charge in [-0.05, 0) is 65.2 Å². The zero-order valence-corrected chi connectivity index (χ0v) is 21.2. The number of halogens is 2. The molecule has 0 radical (unpaired) electrons. The molecular weight excluding hydrogens is 507 g/mol. The first-order valence-electron chi connectivity index (χ1n) is 11.6. The molecule has 1 N–H and O–H groups in total. The quantitative estimate of drug-likeness (QED) is 0.272. The van der Waals surface area contributed by atoms with Crippen molar-refractivity contribution >= 4 is 46.9 Å². The smallest absolute Gasteiger partial charge is 0.265 e. The van der Waals surface area contributed by atoms with Crippen LogP contribution in [0.4, 0.5) is 10.1 Å². The van der Waals surface area contributed by atoms with Gasteiger partial charge in [-0.15, -0.1) is 0 Å². The average Bonchev–Trinajstić information content (AvgIpc) is 2.92. The van der Waals surface area contributed by atoms with Crippen LogP contribution in [-0.2, 0) is 17.9 Å². The number of anilines is 1. The Balaban J connectivity index is 1.45. The Morgan fingerprint density at radius 1 is 0.919 bits per heavy atom. The molecule has 2 amide bonds. The normalized spacial score (nSPS) is 13.9. The van der Waals surface area contributed by atoms with Crippen LogP contribution in [0, 0.1) is 5.82 Å². The number of nitrogens with zero attached hydrogens (tertiary/aromatic N) is 1. The third-order valence-corrected chi connectivity index (χ3v) is 7.23. The van der Waals surface area contributed by atoms with E-state index < -0.39 is 0 Å². The molecule has 1 aliphatic heterocycles. The summed E-state index contributed by atoms with van der Waals surface area (Å²) < 4.78 is 13.5. The molecule has 0 saturated carbocycles. The molecule has 7 heteroatoms. The number of thioether (sulfide) groups is 1. The lowest BCUT2D eigenvalue weighted by Crippen LogP contribution is -2.34. The van der Waals surface area contributed by atoms with E-state index in [0.717, 1.165) is 21.6 Å². The van der Waals surface area contributed by atoms with Crippen LogP contribution in [0.5, 0.6) is 0 Å². The summed E-state index contributed by atoms with van der Waals surface area (Å²) in [6.45, 7) is 0.596. The van der Waals surface area contributed by atoms with Gasteiger partial charge in [0, 0.05) is 22.0 Å². The molecule has 4 aromatic rings. The summed E-state index contributed by atoms with van der Waals surface area (Å²) in [6.07, 6.45) is 1.86. The Hall–Kier alpha value is -3.87. The predicted octanol–water partition coefficient (Wildman–Crippen LogP) is 7.09. The number of benzene rings is 4. The zero-order chi connectivity index (χ0) is 25.8. The number of fused-ring (bicyclic) bond motifs is 1. The maximum atomic E-state index is 13.6. The van der Waals surface area contributed by atoms with E-state index in [-0.39, 0.29) is 24.2 Å². The van der Waals surface area contributed by atoms with Crippen LogP contribution in [0.25, 0.3) is 6.08 Å². The second-order valence-corrected chi connectivity index (χ2v) is 10.1. The van der Waals surface area contributed by atoms with E-state index in [2.05, 4.69) is 5.32 Å². The fourth-order valence-electron chi connectivity index (χ4n) is 3.97. The summed E-state index contributed by atoms with van der Waals surface area (Å²) in [5, 5.41) is 3.55. The molecule has 4 aromatic carbocycles. The van der Waals surface area contributed by atoms with Crippen molar-refractivity contribution in [1.29, 1.82) is 0 Å². The average molecular weight is 529 g/mol. The van der Waals surface area contributed by atoms with Gasteiger partial charge in [0.05, 0.1) is 17.1 Å². The Morgan fingerprint density at radius 2 is 1.62 bits per heavy atom. The summed E-state index contributed by atoms with van der Waals surface area (Å²) in [7, 11) is 0. The molecule has 4 nitrogen and oxygen atoms in total. The third kappa shape index (κ3) is 5.93. The Morgan fingerprint density at radius 3 is 2.35 bits per heavy atom. The first kappa shape index (κ1) is 24.8. The van der Waals surface area contributed by atoms with Gasteiger partial charge < -0.3 is 10.2 Å². The molecule has 0 atom stereocenters. The number of carbonyl (C=O) groups is 2. The van der Waals surface area contributed by atoms with E-state index in [1.54, 1.807) is 41.3 Å². The van der Waals surface area contributed by atoms with Crippen molar-refractivity contribution in [3.8, 4) is 0 Å². The predicted molar refractivity (Wildman–Crippen MR) is 147 cm³/mol. The molecule has 184 valence electrons. The van der Waals surface area contributed by atoms with E-state index in [0.29, 0.717) is 27.7 Å². The standard InChI is InChI=1S/C30H22ClFN2O2S/c31-24-11-6-21(7-12-24)18-33-29(35)23-10-15-27-26(17-23)34(19-22-8-13-25(32)14-9-22)30(36)28(37-27)16-20-4-2-1-3-5-20/h1-17H,18-19H2,(H,33,35). The lowest BCUT2D eigenvalue weighted by atomic mass is 10.1. The van der Waals surface area contributed by atoms with Gasteiger partial charge >= 0.3 is 0 Å². The SMILES string of the molecule is O=C(NCc1ccc(Cl)cc1)c1ccc2c(c1)N(Cc1ccc(F)cc1)C(=O)C(=Cc1ccccc1)S2. The van der Waals surface area contributed by atoms with Crippen LogP contribution < -0.4 is 10.2 Å². The highest BCUT2D eigenvalue weighted by atomic mass is 35.5. The Bertz CT molecular complexity index is 1470. The van der Waals surface area contributed by atoms with Crippen LogP contribution in [-0.4, -0.2) is 11.8 Å². The molecule has 0 saturated heterocycles. The first-order chi connectivity index (χ1) is 18.0. The summed E-state index contributed by atoms with van der Waals surface area (Å²) in [4.78, 5) is 29.7. The van der Waals surface area contributed by atoms with Crippen molar-refractivity contribution in [2.45, 2.75) is 18.0 Å². The second kappa shape index (κ2) is 11.0. The molecule has 5 rings (SSSR count). The van der Waals surface area contributed by atoms with E-state index >= 15 is 0 Å². The summed E-state index contributed by atoms with van der Waals surface area (Å²) >= 11 is 7.31. The Kier molecular flexibility index (Phi) is 7.40. The van der Waals surface area contributed by atoms with Crippen LogP contribution >= 0.6 is 23.4 Å². The van der Waals surface area contributed by atoms with Gasteiger partial charge in [0.15, 0.2) is 0 Å². The van der Waals surface area contributed by atoms with Gasteiger partial charge in [0.2, 0.25) is 0 Å². The van der Waals surface area contributed by atoms with E-state index in [1.807, 2.05) is 54.6 Å². The van der Waals surface area contributed by atoms with E-state index in [9.17, 15) is 14.0 Å². The number of nitrogens with one attached hydrogen (secondary N) is 1. The number of rotatable bonds is 6. The second-order valence-electron chi connectivity index (χ2n) is 8.53. The summed E-state index contributed by atoms with van der Waals surface area (Å²) in [5.41, 5.74) is 3.71. The highest BCUT2D eigenvalue weighted by Gasteiger charge is 2.30. The number of hydrogen-bond acceptors (Lipinski definition) is 3. The topological polar surface area (TPSA) is 49.4 Å². The fraction of sp³-hybridized carbons (Fsp3) is 0.0667. The van der Waals surface area contributed by atoms with Gasteiger partial charge in [0.1, 0.15) is 5.82 Å². The van der Waals surface area contributed by atoms with Crippen LogP contribution in [0.1, 0.15) is 27.0 Å². The molecule has 37 heavy (non-hydrogen) atoms. The van der Waals surface area contributed by atoms with Gasteiger partial charge in [-0.25, -0.2) is 4.39 Å². The van der Waals surface area contributed by atoms with Crippen LogP contribution in [0.3, 0.4) is 0 Å². The van der Waals surface area contributed by atoms with Crippen molar-refractivity contribution in [2.75, 3.05) is 4.90 Å². The fourth-order valence-corrected chi connectivity index (χ4v) is 5.13. The van der Waals surface area contributed by atoms with Gasteiger partial charge in [-0.3, -0.25) is 9.59 Å². The van der Waals surface area contributed by atoms with Crippen LogP contribution in [0.2, 0.25) is 5.02 Å². The largest absolute Gasteiger partial charge is 0.348 e. The maximum absolute atomic E-state index is 13.6. The van der Waals surface area contributed by atoms with Crippen molar-refractivity contribution in [3.63, 3.8) is 0 Å². The minimum Gasteiger partial charge on any atom is -0.348 e. The molecule has 0 fully saturated rings. The molecule has 0 aliphatic carbocycles. The lowest BCUT2D eigenvalue weighted by molar-refractivity contribution is -0.114. The minimum absolute atomic E-state index is 0.176. The zero-order valence-electron chi connectivity index (χ0n) is 19.7. The number of hydrogen-bond donors (Lipinski definition) is 1. The lowest BCUT2D eigenvalue weighted by Gasteiger charge is -2.31. The minimum atomic E-state index is -0.339. The van der Waals surface area contributed by atoms with Crippen molar-refractivity contribution < 1.29 is 14.0 Å². The molecule has 1 heterocycles. The molecular formula is C30H22ClFN2O2S. The number of carbonyl (C=O) groups excluding carboxylic acids is 2. The van der Waals surface area contributed by atoms with E-state index in [1.165, 1.54) is 23.9 Å². The van der Waals surface area contributed by atoms with Crippen molar-refractivity contribution in [3.05, 3.63) is 135 Å². The van der Waals surface area contributed by atoms with Crippen molar-refractivity contribution in [1.82, 2.24) is 5.32 Å². The van der Waals surface area contributed by atoms with Crippen molar-refractivity contribution in [2.24, 2.45) is 0 Å². The third-order valence-electron chi connectivity index (χ3n) is 5.91.